The number of anilines is 1. The standard InChI is InChI=1S/C16H27N3/c1-13(2)18-12-14-6-5-9-17-15(14)19-10-7-16(3,4)8-11-19/h5-6,9,13,18H,7-8,10-12H2,1-4H3. The van der Waals surface area contributed by atoms with E-state index in [2.05, 4.69) is 49.0 Å². The van der Waals surface area contributed by atoms with Crippen molar-refractivity contribution in [3.05, 3.63) is 23.9 Å². The van der Waals surface area contributed by atoms with E-state index < -0.39 is 0 Å². The number of nitrogens with zero attached hydrogens (tertiary/aromatic N) is 2. The summed E-state index contributed by atoms with van der Waals surface area (Å²) >= 11 is 0. The van der Waals surface area contributed by atoms with Crippen LogP contribution in [0.4, 0.5) is 5.82 Å². The van der Waals surface area contributed by atoms with Gasteiger partial charge in [-0.1, -0.05) is 33.8 Å². The van der Waals surface area contributed by atoms with Gasteiger partial charge in [-0.3, -0.25) is 0 Å². The molecule has 0 saturated carbocycles. The Hall–Kier alpha value is -1.09. The molecular formula is C16H27N3. The number of aromatic nitrogens is 1. The summed E-state index contributed by atoms with van der Waals surface area (Å²) < 4.78 is 0. The SMILES string of the molecule is CC(C)NCc1cccnc1N1CCC(C)(C)CC1. The molecule has 0 atom stereocenters. The highest BCUT2D eigenvalue weighted by Crippen LogP contribution is 2.32. The molecule has 1 fully saturated rings. The Bertz CT molecular complexity index is 402. The zero-order chi connectivity index (χ0) is 13.9. The molecule has 3 heteroatoms. The highest BCUT2D eigenvalue weighted by molar-refractivity contribution is 5.47. The van der Waals surface area contributed by atoms with Gasteiger partial charge in [-0.15, -0.1) is 0 Å². The number of hydrogen-bond donors (Lipinski definition) is 1. The van der Waals surface area contributed by atoms with E-state index in [4.69, 9.17) is 0 Å². The first-order chi connectivity index (χ1) is 8.98. The first-order valence-electron chi connectivity index (χ1n) is 7.40. The second-order valence-corrected chi connectivity index (χ2v) is 6.67. The number of nitrogens with one attached hydrogen (secondary N) is 1. The second-order valence-electron chi connectivity index (χ2n) is 6.67. The van der Waals surface area contributed by atoms with Crippen LogP contribution in [0.15, 0.2) is 18.3 Å². The van der Waals surface area contributed by atoms with Crippen molar-refractivity contribution in [3.63, 3.8) is 0 Å². The molecule has 0 aliphatic carbocycles. The summed E-state index contributed by atoms with van der Waals surface area (Å²) in [6.45, 7) is 12.2. The van der Waals surface area contributed by atoms with Gasteiger partial charge in [0.1, 0.15) is 5.82 Å². The largest absolute Gasteiger partial charge is 0.356 e. The highest BCUT2D eigenvalue weighted by atomic mass is 15.2. The minimum absolute atomic E-state index is 0.488. The van der Waals surface area contributed by atoms with E-state index in [1.807, 2.05) is 12.3 Å². The van der Waals surface area contributed by atoms with E-state index in [0.717, 1.165) is 19.6 Å². The minimum atomic E-state index is 0.488. The fourth-order valence-electron chi connectivity index (χ4n) is 2.49. The molecule has 0 bridgehead atoms. The molecule has 1 aliphatic heterocycles. The summed E-state index contributed by atoms with van der Waals surface area (Å²) in [7, 11) is 0. The molecule has 0 amide bonds. The van der Waals surface area contributed by atoms with Crippen molar-refractivity contribution in [1.29, 1.82) is 0 Å². The fraction of sp³-hybridized carbons (Fsp3) is 0.688. The molecule has 0 radical (unpaired) electrons. The molecule has 0 unspecified atom stereocenters. The van der Waals surface area contributed by atoms with Crippen molar-refractivity contribution in [3.8, 4) is 0 Å². The maximum absolute atomic E-state index is 4.61. The third-order valence-corrected chi connectivity index (χ3v) is 3.98. The summed E-state index contributed by atoms with van der Waals surface area (Å²) in [4.78, 5) is 7.06. The normalized spacial score (nSPS) is 18.9. The van der Waals surface area contributed by atoms with Gasteiger partial charge in [0.25, 0.3) is 0 Å². The monoisotopic (exact) mass is 261 g/mol. The van der Waals surface area contributed by atoms with Gasteiger partial charge in [-0.05, 0) is 24.3 Å². The summed E-state index contributed by atoms with van der Waals surface area (Å²) in [6.07, 6.45) is 4.41. The maximum Gasteiger partial charge on any atom is 0.133 e. The van der Waals surface area contributed by atoms with Crippen molar-refractivity contribution in [2.24, 2.45) is 5.41 Å². The Labute approximate surface area is 117 Å². The van der Waals surface area contributed by atoms with Crippen LogP contribution in [-0.4, -0.2) is 24.1 Å². The molecule has 1 aliphatic rings. The summed E-state index contributed by atoms with van der Waals surface area (Å²) in [5.41, 5.74) is 1.80. The highest BCUT2D eigenvalue weighted by Gasteiger charge is 2.26. The lowest BCUT2D eigenvalue weighted by Crippen LogP contribution is -2.38. The van der Waals surface area contributed by atoms with E-state index >= 15 is 0 Å². The van der Waals surface area contributed by atoms with Crippen LogP contribution in [0.5, 0.6) is 0 Å². The lowest BCUT2D eigenvalue weighted by molar-refractivity contribution is 0.279. The van der Waals surface area contributed by atoms with E-state index in [1.165, 1.54) is 24.2 Å². The van der Waals surface area contributed by atoms with E-state index in [1.54, 1.807) is 0 Å². The van der Waals surface area contributed by atoms with Gasteiger partial charge in [0.2, 0.25) is 0 Å². The average molecular weight is 261 g/mol. The molecule has 2 heterocycles. The van der Waals surface area contributed by atoms with Crippen LogP contribution >= 0.6 is 0 Å². The van der Waals surface area contributed by atoms with Crippen LogP contribution in [0.1, 0.15) is 46.1 Å². The smallest absolute Gasteiger partial charge is 0.133 e. The van der Waals surface area contributed by atoms with Gasteiger partial charge < -0.3 is 10.2 Å². The first-order valence-corrected chi connectivity index (χ1v) is 7.40. The molecular weight excluding hydrogens is 234 g/mol. The molecule has 3 nitrogen and oxygen atoms in total. The van der Waals surface area contributed by atoms with Crippen molar-refractivity contribution in [2.45, 2.75) is 53.1 Å². The molecule has 1 aromatic rings. The van der Waals surface area contributed by atoms with Gasteiger partial charge in [-0.2, -0.15) is 0 Å². The lowest BCUT2D eigenvalue weighted by atomic mass is 9.82. The zero-order valence-electron chi connectivity index (χ0n) is 12.7. The van der Waals surface area contributed by atoms with Gasteiger partial charge in [-0.25, -0.2) is 4.98 Å². The summed E-state index contributed by atoms with van der Waals surface area (Å²) in [5, 5.41) is 3.49. The number of rotatable bonds is 4. The molecule has 1 saturated heterocycles. The van der Waals surface area contributed by atoms with Crippen molar-refractivity contribution < 1.29 is 0 Å². The Morgan fingerprint density at radius 2 is 2.00 bits per heavy atom. The quantitative estimate of drug-likeness (QED) is 0.902. The molecule has 0 aromatic carbocycles. The van der Waals surface area contributed by atoms with Gasteiger partial charge in [0.05, 0.1) is 0 Å². The topological polar surface area (TPSA) is 28.2 Å². The van der Waals surface area contributed by atoms with Crippen LogP contribution < -0.4 is 10.2 Å². The summed E-state index contributed by atoms with van der Waals surface area (Å²) in [5.74, 6) is 1.17. The Morgan fingerprint density at radius 1 is 1.32 bits per heavy atom. The second kappa shape index (κ2) is 5.91. The predicted octanol–water partition coefficient (Wildman–Crippen LogP) is 3.21. The van der Waals surface area contributed by atoms with Crippen molar-refractivity contribution in [1.82, 2.24) is 10.3 Å². The Morgan fingerprint density at radius 3 is 2.63 bits per heavy atom. The maximum atomic E-state index is 4.61. The molecule has 1 N–H and O–H groups in total. The molecule has 19 heavy (non-hydrogen) atoms. The lowest BCUT2D eigenvalue weighted by Gasteiger charge is -2.38. The zero-order valence-corrected chi connectivity index (χ0v) is 12.7. The fourth-order valence-corrected chi connectivity index (χ4v) is 2.49. The van der Waals surface area contributed by atoms with Gasteiger partial charge in [0.15, 0.2) is 0 Å². The third-order valence-electron chi connectivity index (χ3n) is 3.98. The molecule has 2 rings (SSSR count). The van der Waals surface area contributed by atoms with Gasteiger partial charge in [0, 0.05) is 37.4 Å². The van der Waals surface area contributed by atoms with Crippen LogP contribution in [0.3, 0.4) is 0 Å². The van der Waals surface area contributed by atoms with Crippen LogP contribution in [0, 0.1) is 5.41 Å². The van der Waals surface area contributed by atoms with E-state index in [-0.39, 0.29) is 0 Å². The average Bonchev–Trinajstić information content (AvgIpc) is 2.37. The van der Waals surface area contributed by atoms with Gasteiger partial charge >= 0.3 is 0 Å². The van der Waals surface area contributed by atoms with E-state index in [9.17, 15) is 0 Å². The first kappa shape index (κ1) is 14.3. The van der Waals surface area contributed by atoms with Crippen molar-refractivity contribution >= 4 is 5.82 Å². The summed E-state index contributed by atoms with van der Waals surface area (Å²) in [6, 6.07) is 4.74. The molecule has 0 spiro atoms. The molecule has 106 valence electrons. The Kier molecular flexibility index (Phi) is 4.46. The Balaban J connectivity index is 2.07. The van der Waals surface area contributed by atoms with Crippen molar-refractivity contribution in [2.75, 3.05) is 18.0 Å². The third kappa shape index (κ3) is 3.93. The number of pyridine rings is 1. The number of hydrogen-bond acceptors (Lipinski definition) is 3. The minimum Gasteiger partial charge on any atom is -0.356 e. The predicted molar refractivity (Wildman–Crippen MR) is 81.4 cm³/mol. The van der Waals surface area contributed by atoms with Crippen LogP contribution in [-0.2, 0) is 6.54 Å². The van der Waals surface area contributed by atoms with E-state index in [0.29, 0.717) is 11.5 Å². The van der Waals surface area contributed by atoms with Crippen LogP contribution in [0.25, 0.3) is 0 Å². The number of piperidine rings is 1. The van der Waals surface area contributed by atoms with Crippen LogP contribution in [0.2, 0.25) is 0 Å². The molecule has 1 aromatic heterocycles.